The molecule has 0 bridgehead atoms. The Morgan fingerprint density at radius 3 is 2.36 bits per heavy atom. The number of hydrogen-bond donors (Lipinski definition) is 2. The Kier molecular flexibility index (Phi) is 3.14. The van der Waals surface area contributed by atoms with Crippen molar-refractivity contribution in [1.82, 2.24) is 0 Å². The number of hydrogen-bond acceptors (Lipinski definition) is 2. The zero-order chi connectivity index (χ0) is 10.7. The van der Waals surface area contributed by atoms with Gasteiger partial charge in [-0.15, -0.1) is 0 Å². The van der Waals surface area contributed by atoms with Crippen molar-refractivity contribution in [2.75, 3.05) is 5.32 Å². The SMILES string of the molecule is CC(N)C(=O)Nc1c(F)cccc1F. The van der Waals surface area contributed by atoms with Crippen LogP contribution in [0.4, 0.5) is 14.5 Å². The van der Waals surface area contributed by atoms with E-state index in [1.807, 2.05) is 0 Å². The summed E-state index contributed by atoms with van der Waals surface area (Å²) in [5.74, 6) is -2.27. The molecule has 0 heterocycles. The number of halogens is 2. The minimum absolute atomic E-state index is 0.463. The summed E-state index contributed by atoms with van der Waals surface area (Å²) in [6.07, 6.45) is 0. The molecule has 0 saturated heterocycles. The first-order valence-corrected chi connectivity index (χ1v) is 4.03. The van der Waals surface area contributed by atoms with E-state index < -0.39 is 29.3 Å². The van der Waals surface area contributed by atoms with E-state index in [1.54, 1.807) is 0 Å². The van der Waals surface area contributed by atoms with E-state index in [-0.39, 0.29) is 0 Å². The number of benzene rings is 1. The second-order valence-corrected chi connectivity index (χ2v) is 2.87. The summed E-state index contributed by atoms with van der Waals surface area (Å²) < 4.78 is 26.0. The predicted molar refractivity (Wildman–Crippen MR) is 48.6 cm³/mol. The molecule has 1 unspecified atom stereocenters. The van der Waals surface area contributed by atoms with Crippen molar-refractivity contribution < 1.29 is 13.6 Å². The summed E-state index contributed by atoms with van der Waals surface area (Å²) in [5, 5.41) is 2.06. The molecule has 0 aliphatic heterocycles. The zero-order valence-electron chi connectivity index (χ0n) is 7.55. The van der Waals surface area contributed by atoms with Crippen molar-refractivity contribution in [2.24, 2.45) is 5.73 Å². The fraction of sp³-hybridized carbons (Fsp3) is 0.222. The molecule has 0 aliphatic carbocycles. The number of nitrogens with two attached hydrogens (primary N) is 1. The van der Waals surface area contributed by atoms with E-state index in [4.69, 9.17) is 5.73 Å². The molecule has 76 valence electrons. The molecule has 1 atom stereocenters. The van der Waals surface area contributed by atoms with Crippen LogP contribution in [0.2, 0.25) is 0 Å². The van der Waals surface area contributed by atoms with Gasteiger partial charge < -0.3 is 11.1 Å². The monoisotopic (exact) mass is 200 g/mol. The normalized spacial score (nSPS) is 12.3. The standard InChI is InChI=1S/C9H10F2N2O/c1-5(12)9(14)13-8-6(10)3-2-4-7(8)11/h2-5H,12H2,1H3,(H,13,14). The molecule has 1 aromatic carbocycles. The van der Waals surface area contributed by atoms with Crippen LogP contribution in [-0.4, -0.2) is 11.9 Å². The molecule has 3 nitrogen and oxygen atoms in total. The van der Waals surface area contributed by atoms with Gasteiger partial charge in [0.15, 0.2) is 0 Å². The van der Waals surface area contributed by atoms with E-state index in [9.17, 15) is 13.6 Å². The smallest absolute Gasteiger partial charge is 0.241 e. The van der Waals surface area contributed by atoms with E-state index in [1.165, 1.54) is 13.0 Å². The molecule has 0 spiro atoms. The third kappa shape index (κ3) is 2.26. The third-order valence-corrected chi connectivity index (χ3v) is 1.62. The third-order valence-electron chi connectivity index (χ3n) is 1.62. The number of carbonyl (C=O) groups is 1. The van der Waals surface area contributed by atoms with Crippen LogP contribution in [0.25, 0.3) is 0 Å². The van der Waals surface area contributed by atoms with Crippen LogP contribution >= 0.6 is 0 Å². The lowest BCUT2D eigenvalue weighted by Crippen LogP contribution is -2.33. The summed E-state index contributed by atoms with van der Waals surface area (Å²) >= 11 is 0. The van der Waals surface area contributed by atoms with Crippen molar-refractivity contribution in [1.29, 1.82) is 0 Å². The number of anilines is 1. The molecule has 5 heteroatoms. The Labute approximate surface area is 79.9 Å². The topological polar surface area (TPSA) is 55.1 Å². The Bertz CT molecular complexity index is 332. The van der Waals surface area contributed by atoms with Crippen LogP contribution in [0.1, 0.15) is 6.92 Å². The average molecular weight is 200 g/mol. The minimum Gasteiger partial charge on any atom is -0.320 e. The van der Waals surface area contributed by atoms with Crippen LogP contribution in [0.3, 0.4) is 0 Å². The lowest BCUT2D eigenvalue weighted by atomic mass is 10.2. The van der Waals surface area contributed by atoms with Crippen molar-refractivity contribution in [2.45, 2.75) is 13.0 Å². The number of para-hydroxylation sites is 1. The summed E-state index contributed by atoms with van der Waals surface area (Å²) in [6, 6.07) is 2.51. The number of carbonyl (C=O) groups excluding carboxylic acids is 1. The maximum absolute atomic E-state index is 13.0. The van der Waals surface area contributed by atoms with Gasteiger partial charge >= 0.3 is 0 Å². The fourth-order valence-electron chi connectivity index (χ4n) is 0.854. The van der Waals surface area contributed by atoms with Gasteiger partial charge in [-0.05, 0) is 19.1 Å². The Morgan fingerprint density at radius 1 is 1.43 bits per heavy atom. The van der Waals surface area contributed by atoms with Gasteiger partial charge in [-0.2, -0.15) is 0 Å². The molecule has 1 rings (SSSR count). The summed E-state index contributed by atoms with van der Waals surface area (Å²) in [5.41, 5.74) is 4.76. The quantitative estimate of drug-likeness (QED) is 0.754. The van der Waals surface area contributed by atoms with Crippen molar-refractivity contribution >= 4 is 11.6 Å². The number of amides is 1. The second-order valence-electron chi connectivity index (χ2n) is 2.87. The van der Waals surface area contributed by atoms with Gasteiger partial charge in [0.05, 0.1) is 6.04 Å². The van der Waals surface area contributed by atoms with E-state index in [0.29, 0.717) is 0 Å². The Hall–Kier alpha value is -1.49. The highest BCUT2D eigenvalue weighted by Gasteiger charge is 2.13. The lowest BCUT2D eigenvalue weighted by Gasteiger charge is -2.08. The van der Waals surface area contributed by atoms with Crippen LogP contribution in [0, 0.1) is 11.6 Å². The number of nitrogens with one attached hydrogen (secondary N) is 1. The minimum atomic E-state index is -0.820. The van der Waals surface area contributed by atoms with Crippen molar-refractivity contribution in [3.05, 3.63) is 29.8 Å². The molecule has 3 N–H and O–H groups in total. The van der Waals surface area contributed by atoms with Gasteiger partial charge in [0, 0.05) is 0 Å². The van der Waals surface area contributed by atoms with Crippen LogP contribution in [0.5, 0.6) is 0 Å². The van der Waals surface area contributed by atoms with Crippen molar-refractivity contribution in [3.8, 4) is 0 Å². The van der Waals surface area contributed by atoms with Crippen LogP contribution in [0.15, 0.2) is 18.2 Å². The first kappa shape index (κ1) is 10.6. The van der Waals surface area contributed by atoms with Gasteiger partial charge in [-0.3, -0.25) is 4.79 Å². The van der Waals surface area contributed by atoms with E-state index in [2.05, 4.69) is 5.32 Å². The molecule has 0 fully saturated rings. The molecule has 0 aliphatic rings. The van der Waals surface area contributed by atoms with E-state index in [0.717, 1.165) is 12.1 Å². The molecule has 0 saturated carbocycles. The highest BCUT2D eigenvalue weighted by atomic mass is 19.1. The summed E-state index contributed by atoms with van der Waals surface area (Å²) in [7, 11) is 0. The maximum Gasteiger partial charge on any atom is 0.241 e. The van der Waals surface area contributed by atoms with Gasteiger partial charge in [0.2, 0.25) is 5.91 Å². The van der Waals surface area contributed by atoms with Gasteiger partial charge in [0.1, 0.15) is 17.3 Å². The maximum atomic E-state index is 13.0. The highest BCUT2D eigenvalue weighted by Crippen LogP contribution is 2.17. The fourth-order valence-corrected chi connectivity index (χ4v) is 0.854. The first-order chi connectivity index (χ1) is 6.52. The molecule has 0 radical (unpaired) electrons. The first-order valence-electron chi connectivity index (χ1n) is 4.03. The molecule has 14 heavy (non-hydrogen) atoms. The van der Waals surface area contributed by atoms with Gasteiger partial charge in [-0.1, -0.05) is 6.07 Å². The second kappa shape index (κ2) is 4.15. The predicted octanol–water partition coefficient (Wildman–Crippen LogP) is 1.25. The zero-order valence-corrected chi connectivity index (χ0v) is 7.55. The summed E-state index contributed by atoms with van der Waals surface area (Å²) in [6.45, 7) is 1.42. The molecule has 1 aromatic rings. The van der Waals surface area contributed by atoms with Crippen molar-refractivity contribution in [3.63, 3.8) is 0 Å². The van der Waals surface area contributed by atoms with Gasteiger partial charge in [0.25, 0.3) is 0 Å². The number of rotatable bonds is 2. The van der Waals surface area contributed by atoms with Gasteiger partial charge in [-0.25, -0.2) is 8.78 Å². The largest absolute Gasteiger partial charge is 0.320 e. The molecular weight excluding hydrogens is 190 g/mol. The molecular formula is C9H10F2N2O. The molecule has 0 aromatic heterocycles. The Balaban J connectivity index is 2.91. The summed E-state index contributed by atoms with van der Waals surface area (Å²) in [4.78, 5) is 11.0. The molecule has 1 amide bonds. The lowest BCUT2D eigenvalue weighted by molar-refractivity contribution is -0.117. The average Bonchev–Trinajstić information content (AvgIpc) is 2.11. The van der Waals surface area contributed by atoms with E-state index >= 15 is 0 Å². The highest BCUT2D eigenvalue weighted by molar-refractivity contribution is 5.94. The van der Waals surface area contributed by atoms with Crippen LogP contribution < -0.4 is 11.1 Å². The van der Waals surface area contributed by atoms with Crippen LogP contribution in [-0.2, 0) is 4.79 Å². The Morgan fingerprint density at radius 2 is 1.93 bits per heavy atom.